The van der Waals surface area contributed by atoms with Gasteiger partial charge in [0.15, 0.2) is 0 Å². The van der Waals surface area contributed by atoms with Crippen LogP contribution in [0.3, 0.4) is 0 Å². The first-order chi connectivity index (χ1) is 8.81. The number of carbonyl (C=O) groups is 1. The summed E-state index contributed by atoms with van der Waals surface area (Å²) < 4.78 is 5.31. The first kappa shape index (κ1) is 12.0. The van der Waals surface area contributed by atoms with Gasteiger partial charge in [0.1, 0.15) is 5.75 Å². The minimum atomic E-state index is -1.23. The van der Waals surface area contributed by atoms with Crippen LogP contribution in [0.1, 0.15) is 10.4 Å². The lowest BCUT2D eigenvalue weighted by Gasteiger charge is -2.11. The molecule has 0 aromatic heterocycles. The topological polar surface area (TPSA) is 43.4 Å². The quantitative estimate of drug-likeness (QED) is 0.594. The standard InChI is InChI=1S/C15H11O3/c16-11-14(18-13-9-5-2-6-10-13)15(17)12-7-3-1-4-8-12/h1-10,14H. The number of hydrogen-bond acceptors (Lipinski definition) is 3. The van der Waals surface area contributed by atoms with Crippen molar-refractivity contribution in [2.45, 2.75) is 6.10 Å². The Morgan fingerprint density at radius 2 is 1.50 bits per heavy atom. The van der Waals surface area contributed by atoms with Crippen LogP contribution in [0.4, 0.5) is 0 Å². The highest BCUT2D eigenvalue weighted by Crippen LogP contribution is 2.13. The Morgan fingerprint density at radius 3 is 2.06 bits per heavy atom. The molecule has 3 nitrogen and oxygen atoms in total. The number of ether oxygens (including phenoxy) is 1. The van der Waals surface area contributed by atoms with Crippen molar-refractivity contribution in [1.29, 1.82) is 0 Å². The smallest absolute Gasteiger partial charge is 0.251 e. The molecule has 1 radical (unpaired) electrons. The molecule has 2 rings (SSSR count). The summed E-state index contributed by atoms with van der Waals surface area (Å²) in [5.41, 5.74) is 0.432. The third-order valence-electron chi connectivity index (χ3n) is 2.40. The van der Waals surface area contributed by atoms with Gasteiger partial charge in [0.25, 0.3) is 6.29 Å². The second-order valence-electron chi connectivity index (χ2n) is 3.66. The normalized spacial score (nSPS) is 11.6. The lowest BCUT2D eigenvalue weighted by molar-refractivity contribution is 0.0868. The van der Waals surface area contributed by atoms with E-state index in [9.17, 15) is 9.59 Å². The van der Waals surface area contributed by atoms with E-state index in [-0.39, 0.29) is 0 Å². The third-order valence-corrected chi connectivity index (χ3v) is 2.40. The Labute approximate surface area is 105 Å². The van der Waals surface area contributed by atoms with Gasteiger partial charge in [-0.3, -0.25) is 9.59 Å². The predicted molar refractivity (Wildman–Crippen MR) is 67.3 cm³/mol. The van der Waals surface area contributed by atoms with E-state index in [1.165, 1.54) is 0 Å². The first-order valence-corrected chi connectivity index (χ1v) is 5.50. The van der Waals surface area contributed by atoms with Crippen LogP contribution in [0.5, 0.6) is 5.75 Å². The Balaban J connectivity index is 2.15. The van der Waals surface area contributed by atoms with Crippen molar-refractivity contribution < 1.29 is 14.3 Å². The number of benzene rings is 2. The number of ketones is 1. The molecule has 1 unspecified atom stereocenters. The molecular formula is C15H11O3. The van der Waals surface area contributed by atoms with Gasteiger partial charge in [-0.1, -0.05) is 48.5 Å². The molecule has 0 bridgehead atoms. The van der Waals surface area contributed by atoms with Crippen molar-refractivity contribution in [2.75, 3.05) is 0 Å². The molecule has 0 heterocycles. The van der Waals surface area contributed by atoms with E-state index in [4.69, 9.17) is 4.74 Å². The summed E-state index contributed by atoms with van der Waals surface area (Å²) in [6.07, 6.45) is 0.400. The summed E-state index contributed by atoms with van der Waals surface area (Å²) in [6.45, 7) is 0. The average Bonchev–Trinajstić information content (AvgIpc) is 2.46. The van der Waals surface area contributed by atoms with E-state index in [0.29, 0.717) is 11.3 Å². The molecule has 18 heavy (non-hydrogen) atoms. The molecule has 0 aliphatic carbocycles. The van der Waals surface area contributed by atoms with Crippen LogP contribution < -0.4 is 4.74 Å². The summed E-state index contributed by atoms with van der Waals surface area (Å²) in [6, 6.07) is 17.3. The molecule has 0 N–H and O–H groups in total. The zero-order chi connectivity index (χ0) is 12.8. The molecule has 0 aliphatic heterocycles. The van der Waals surface area contributed by atoms with Gasteiger partial charge in [0, 0.05) is 5.56 Å². The highest BCUT2D eigenvalue weighted by atomic mass is 16.5. The third kappa shape index (κ3) is 2.83. The van der Waals surface area contributed by atoms with Crippen molar-refractivity contribution in [3.8, 4) is 5.75 Å². The van der Waals surface area contributed by atoms with Crippen molar-refractivity contribution in [3.63, 3.8) is 0 Å². The van der Waals surface area contributed by atoms with Gasteiger partial charge in [-0.25, -0.2) is 0 Å². The zero-order valence-corrected chi connectivity index (χ0v) is 9.58. The second kappa shape index (κ2) is 5.77. The second-order valence-corrected chi connectivity index (χ2v) is 3.66. The minimum Gasteiger partial charge on any atom is -0.474 e. The monoisotopic (exact) mass is 239 g/mol. The molecular weight excluding hydrogens is 228 g/mol. The molecule has 89 valence electrons. The van der Waals surface area contributed by atoms with Crippen LogP contribution in [-0.2, 0) is 4.79 Å². The SMILES string of the molecule is O=[C]C(Oc1ccccc1)C(=O)c1ccccc1. The highest BCUT2D eigenvalue weighted by molar-refractivity contribution is 6.07. The predicted octanol–water partition coefficient (Wildman–Crippen LogP) is 2.43. The van der Waals surface area contributed by atoms with Gasteiger partial charge in [0.05, 0.1) is 0 Å². The summed E-state index contributed by atoms with van der Waals surface area (Å²) in [5, 5.41) is 0. The van der Waals surface area contributed by atoms with E-state index >= 15 is 0 Å². The number of carbonyl (C=O) groups excluding carboxylic acids is 2. The maximum atomic E-state index is 12.0. The molecule has 0 spiro atoms. The Hall–Kier alpha value is -2.42. The van der Waals surface area contributed by atoms with Gasteiger partial charge >= 0.3 is 0 Å². The van der Waals surface area contributed by atoms with Gasteiger partial charge in [-0.15, -0.1) is 0 Å². The lowest BCUT2D eigenvalue weighted by Crippen LogP contribution is -2.28. The van der Waals surface area contributed by atoms with Gasteiger partial charge < -0.3 is 4.74 Å². The van der Waals surface area contributed by atoms with Crippen LogP contribution in [0, 0.1) is 0 Å². The highest BCUT2D eigenvalue weighted by Gasteiger charge is 2.21. The maximum absolute atomic E-state index is 12.0. The molecule has 2 aromatic carbocycles. The Morgan fingerprint density at radius 1 is 0.944 bits per heavy atom. The fourth-order valence-electron chi connectivity index (χ4n) is 1.52. The molecule has 0 aliphatic rings. The van der Waals surface area contributed by atoms with Crippen LogP contribution in [0.2, 0.25) is 0 Å². The number of rotatable bonds is 5. The number of hydrogen-bond donors (Lipinski definition) is 0. The largest absolute Gasteiger partial charge is 0.474 e. The number of para-hydroxylation sites is 1. The fraction of sp³-hybridized carbons (Fsp3) is 0.0667. The van der Waals surface area contributed by atoms with Crippen LogP contribution in [0.25, 0.3) is 0 Å². The first-order valence-electron chi connectivity index (χ1n) is 5.50. The van der Waals surface area contributed by atoms with Crippen molar-refractivity contribution >= 4 is 12.1 Å². The summed E-state index contributed by atoms with van der Waals surface area (Å²) in [7, 11) is 0. The van der Waals surface area contributed by atoms with Crippen LogP contribution in [0.15, 0.2) is 60.7 Å². The molecule has 0 saturated carbocycles. The van der Waals surface area contributed by atoms with Crippen LogP contribution in [-0.4, -0.2) is 18.2 Å². The van der Waals surface area contributed by atoms with Crippen LogP contribution >= 0.6 is 0 Å². The molecule has 0 saturated heterocycles. The molecule has 1 atom stereocenters. The van der Waals surface area contributed by atoms with Gasteiger partial charge in [0.2, 0.25) is 11.9 Å². The Bertz CT molecular complexity index is 520. The average molecular weight is 239 g/mol. The summed E-state index contributed by atoms with van der Waals surface area (Å²) in [4.78, 5) is 22.8. The van der Waals surface area contributed by atoms with Crippen molar-refractivity contribution in [2.24, 2.45) is 0 Å². The van der Waals surface area contributed by atoms with E-state index in [1.54, 1.807) is 60.9 Å². The van der Waals surface area contributed by atoms with Crippen molar-refractivity contribution in [1.82, 2.24) is 0 Å². The molecule has 3 heteroatoms. The number of Topliss-reactive ketones (excluding diaryl/α,β-unsaturated/α-hetero) is 1. The summed E-state index contributed by atoms with van der Waals surface area (Å²) >= 11 is 0. The zero-order valence-electron chi connectivity index (χ0n) is 9.58. The Kier molecular flexibility index (Phi) is 3.86. The van der Waals surface area contributed by atoms with E-state index in [2.05, 4.69) is 0 Å². The molecule has 0 amide bonds. The summed E-state index contributed by atoms with van der Waals surface area (Å²) in [5.74, 6) is 0.0737. The van der Waals surface area contributed by atoms with Crippen molar-refractivity contribution in [3.05, 3.63) is 66.2 Å². The van der Waals surface area contributed by atoms with Gasteiger partial charge in [-0.2, -0.15) is 0 Å². The van der Waals surface area contributed by atoms with E-state index in [1.807, 2.05) is 6.07 Å². The minimum absolute atomic E-state index is 0.394. The van der Waals surface area contributed by atoms with E-state index < -0.39 is 11.9 Å². The van der Waals surface area contributed by atoms with Gasteiger partial charge in [-0.05, 0) is 12.1 Å². The van der Waals surface area contributed by atoms with E-state index in [0.717, 1.165) is 0 Å². The fourth-order valence-corrected chi connectivity index (χ4v) is 1.52. The lowest BCUT2D eigenvalue weighted by atomic mass is 10.1. The maximum Gasteiger partial charge on any atom is 0.251 e. The molecule has 0 fully saturated rings. The molecule has 2 aromatic rings.